The van der Waals surface area contributed by atoms with Gasteiger partial charge in [0, 0.05) is 17.2 Å². The van der Waals surface area contributed by atoms with E-state index < -0.39 is 12.1 Å². The minimum atomic E-state index is -0.701. The van der Waals surface area contributed by atoms with Crippen LogP contribution in [0.2, 0.25) is 0 Å². The van der Waals surface area contributed by atoms with E-state index in [4.69, 9.17) is 9.47 Å². The molecule has 0 bridgehead atoms. The molecule has 0 aromatic heterocycles. The maximum atomic E-state index is 12.3. The summed E-state index contributed by atoms with van der Waals surface area (Å²) < 4.78 is 10.4. The van der Waals surface area contributed by atoms with Crippen molar-refractivity contribution in [2.45, 2.75) is 51.7 Å². The Bertz CT molecular complexity index is 532. The van der Waals surface area contributed by atoms with Crippen molar-refractivity contribution in [3.8, 4) is 5.75 Å². The van der Waals surface area contributed by atoms with Crippen molar-refractivity contribution >= 4 is 11.7 Å². The monoisotopic (exact) mass is 321 g/mol. The van der Waals surface area contributed by atoms with Crippen LogP contribution in [0.15, 0.2) is 18.2 Å². The standard InChI is InChI=1S/C18H27NO4/c1-4-6-7-8-13-16(18(21)23-5-2)19-15-10-9-12(22-3)11-14(15)17(13)20/h9-11,13,16-17,19-20H,4-8H2,1-3H3. The summed E-state index contributed by atoms with van der Waals surface area (Å²) in [5.74, 6) is 0.209. The summed E-state index contributed by atoms with van der Waals surface area (Å²) in [5.41, 5.74) is 1.55. The summed E-state index contributed by atoms with van der Waals surface area (Å²) in [6, 6.07) is 4.98. The summed E-state index contributed by atoms with van der Waals surface area (Å²) in [6.45, 7) is 4.27. The average Bonchev–Trinajstić information content (AvgIpc) is 2.56. The van der Waals surface area contributed by atoms with Crippen LogP contribution in [0, 0.1) is 5.92 Å². The number of rotatable bonds is 7. The summed E-state index contributed by atoms with van der Waals surface area (Å²) in [4.78, 5) is 12.3. The molecular weight excluding hydrogens is 294 g/mol. The Morgan fingerprint density at radius 3 is 2.74 bits per heavy atom. The number of aliphatic hydroxyl groups is 1. The van der Waals surface area contributed by atoms with Crippen molar-refractivity contribution in [3.63, 3.8) is 0 Å². The summed E-state index contributed by atoms with van der Waals surface area (Å²) in [5, 5.41) is 14.1. The van der Waals surface area contributed by atoms with Crippen molar-refractivity contribution < 1.29 is 19.4 Å². The number of ether oxygens (including phenoxy) is 2. The van der Waals surface area contributed by atoms with Crippen molar-refractivity contribution in [2.24, 2.45) is 5.92 Å². The van der Waals surface area contributed by atoms with Gasteiger partial charge in [-0.15, -0.1) is 0 Å². The number of hydrogen-bond donors (Lipinski definition) is 2. The van der Waals surface area contributed by atoms with Crippen LogP contribution in [0.5, 0.6) is 5.75 Å². The highest BCUT2D eigenvalue weighted by molar-refractivity contribution is 5.81. The van der Waals surface area contributed by atoms with E-state index in [9.17, 15) is 9.90 Å². The second-order valence-corrected chi connectivity index (χ2v) is 5.93. The fourth-order valence-electron chi connectivity index (χ4n) is 3.15. The second-order valence-electron chi connectivity index (χ2n) is 5.93. The number of carbonyl (C=O) groups is 1. The van der Waals surface area contributed by atoms with Crippen LogP contribution in [-0.4, -0.2) is 30.8 Å². The van der Waals surface area contributed by atoms with Gasteiger partial charge in [0.25, 0.3) is 0 Å². The number of hydrogen-bond acceptors (Lipinski definition) is 5. The molecule has 3 atom stereocenters. The first kappa shape index (κ1) is 17.6. The molecule has 1 aromatic carbocycles. The van der Waals surface area contributed by atoms with Gasteiger partial charge in [-0.3, -0.25) is 0 Å². The summed E-state index contributed by atoms with van der Waals surface area (Å²) in [6.07, 6.45) is 3.25. The molecule has 0 saturated carbocycles. The lowest BCUT2D eigenvalue weighted by Gasteiger charge is -2.37. The minimum Gasteiger partial charge on any atom is -0.497 e. The lowest BCUT2D eigenvalue weighted by molar-refractivity contribution is -0.147. The van der Waals surface area contributed by atoms with Crippen LogP contribution in [0.3, 0.4) is 0 Å². The Morgan fingerprint density at radius 1 is 1.30 bits per heavy atom. The van der Waals surface area contributed by atoms with E-state index in [1.54, 1.807) is 14.0 Å². The van der Waals surface area contributed by atoms with Gasteiger partial charge in [0.15, 0.2) is 0 Å². The van der Waals surface area contributed by atoms with Gasteiger partial charge in [-0.25, -0.2) is 4.79 Å². The SMILES string of the molecule is CCCCCC1C(C(=O)OCC)Nc2ccc(OC)cc2C1O. The molecule has 1 aromatic rings. The number of esters is 1. The van der Waals surface area contributed by atoms with Crippen LogP contribution in [0.25, 0.3) is 0 Å². The van der Waals surface area contributed by atoms with E-state index >= 15 is 0 Å². The van der Waals surface area contributed by atoms with Gasteiger partial charge in [-0.05, 0) is 31.5 Å². The van der Waals surface area contributed by atoms with E-state index in [0.29, 0.717) is 12.4 Å². The van der Waals surface area contributed by atoms with Crippen LogP contribution in [0.4, 0.5) is 5.69 Å². The number of methoxy groups -OCH3 is 1. The molecule has 2 N–H and O–H groups in total. The van der Waals surface area contributed by atoms with Gasteiger partial charge >= 0.3 is 5.97 Å². The molecule has 0 aliphatic carbocycles. The Kier molecular flexibility index (Phi) is 6.28. The molecule has 1 aliphatic heterocycles. The predicted octanol–water partition coefficient (Wildman–Crippen LogP) is 3.28. The Labute approximate surface area is 138 Å². The predicted molar refractivity (Wildman–Crippen MR) is 89.6 cm³/mol. The number of nitrogens with one attached hydrogen (secondary N) is 1. The molecule has 23 heavy (non-hydrogen) atoms. The van der Waals surface area contributed by atoms with Crippen LogP contribution in [0.1, 0.15) is 51.2 Å². The van der Waals surface area contributed by atoms with Gasteiger partial charge < -0.3 is 19.9 Å². The number of fused-ring (bicyclic) bond motifs is 1. The number of benzene rings is 1. The molecule has 5 nitrogen and oxygen atoms in total. The Balaban J connectivity index is 2.28. The molecular formula is C18H27NO4. The zero-order valence-corrected chi connectivity index (χ0v) is 14.2. The normalized spacial score (nSPS) is 22.9. The number of anilines is 1. The fraction of sp³-hybridized carbons (Fsp3) is 0.611. The van der Waals surface area contributed by atoms with Gasteiger partial charge in [-0.1, -0.05) is 26.2 Å². The number of carbonyl (C=O) groups excluding carboxylic acids is 1. The second kappa shape index (κ2) is 8.20. The minimum absolute atomic E-state index is 0.194. The topological polar surface area (TPSA) is 67.8 Å². The molecule has 0 fully saturated rings. The third kappa shape index (κ3) is 3.96. The molecule has 1 aliphatic rings. The molecule has 0 amide bonds. The molecule has 2 rings (SSSR count). The summed E-state index contributed by atoms with van der Waals surface area (Å²) in [7, 11) is 1.60. The largest absolute Gasteiger partial charge is 0.497 e. The van der Waals surface area contributed by atoms with Crippen LogP contribution in [-0.2, 0) is 9.53 Å². The van der Waals surface area contributed by atoms with Gasteiger partial charge in [0.05, 0.1) is 19.8 Å². The van der Waals surface area contributed by atoms with Crippen molar-refractivity contribution in [1.82, 2.24) is 0 Å². The molecule has 3 unspecified atom stereocenters. The lowest BCUT2D eigenvalue weighted by Crippen LogP contribution is -2.44. The van der Waals surface area contributed by atoms with E-state index in [2.05, 4.69) is 12.2 Å². The molecule has 128 valence electrons. The molecule has 0 spiro atoms. The Hall–Kier alpha value is -1.75. The van der Waals surface area contributed by atoms with Gasteiger partial charge in [-0.2, -0.15) is 0 Å². The zero-order chi connectivity index (χ0) is 16.8. The number of unbranched alkanes of at least 4 members (excludes halogenated alkanes) is 2. The fourth-order valence-corrected chi connectivity index (χ4v) is 3.15. The highest BCUT2D eigenvalue weighted by Crippen LogP contribution is 2.41. The van der Waals surface area contributed by atoms with E-state index in [1.807, 2.05) is 18.2 Å². The maximum absolute atomic E-state index is 12.3. The quantitative estimate of drug-likeness (QED) is 0.596. The highest BCUT2D eigenvalue weighted by atomic mass is 16.5. The van der Waals surface area contributed by atoms with Crippen molar-refractivity contribution in [3.05, 3.63) is 23.8 Å². The third-order valence-electron chi connectivity index (χ3n) is 4.40. The maximum Gasteiger partial charge on any atom is 0.328 e. The first-order chi connectivity index (χ1) is 11.1. The van der Waals surface area contributed by atoms with Crippen molar-refractivity contribution in [2.75, 3.05) is 19.0 Å². The molecule has 0 saturated heterocycles. The van der Waals surface area contributed by atoms with E-state index in [1.165, 1.54) is 0 Å². The van der Waals surface area contributed by atoms with Crippen LogP contribution >= 0.6 is 0 Å². The summed E-state index contributed by atoms with van der Waals surface area (Å²) >= 11 is 0. The smallest absolute Gasteiger partial charge is 0.328 e. The zero-order valence-electron chi connectivity index (χ0n) is 14.2. The van der Waals surface area contributed by atoms with Crippen LogP contribution < -0.4 is 10.1 Å². The van der Waals surface area contributed by atoms with E-state index in [-0.39, 0.29) is 11.9 Å². The van der Waals surface area contributed by atoms with E-state index in [0.717, 1.165) is 36.9 Å². The van der Waals surface area contributed by atoms with Crippen molar-refractivity contribution in [1.29, 1.82) is 0 Å². The first-order valence-corrected chi connectivity index (χ1v) is 8.41. The molecule has 5 heteroatoms. The Morgan fingerprint density at radius 2 is 2.09 bits per heavy atom. The average molecular weight is 321 g/mol. The van der Waals surface area contributed by atoms with Gasteiger partial charge in [0.1, 0.15) is 11.8 Å². The number of aliphatic hydroxyl groups excluding tert-OH is 1. The third-order valence-corrected chi connectivity index (χ3v) is 4.40. The highest BCUT2D eigenvalue weighted by Gasteiger charge is 2.40. The lowest BCUT2D eigenvalue weighted by atomic mass is 9.81. The molecule has 0 radical (unpaired) electrons. The van der Waals surface area contributed by atoms with Gasteiger partial charge in [0.2, 0.25) is 0 Å². The first-order valence-electron chi connectivity index (χ1n) is 8.41. The molecule has 1 heterocycles.